The van der Waals surface area contributed by atoms with Crippen molar-refractivity contribution >= 4 is 21.8 Å². The summed E-state index contributed by atoms with van der Waals surface area (Å²) in [7, 11) is 1.84. The van der Waals surface area contributed by atoms with Crippen molar-refractivity contribution in [2.75, 3.05) is 7.05 Å². The second kappa shape index (κ2) is 3.14. The minimum atomic E-state index is 0.200. The van der Waals surface area contributed by atoms with Crippen LogP contribution in [0.3, 0.4) is 0 Å². The summed E-state index contributed by atoms with van der Waals surface area (Å²) in [4.78, 5) is 13.1. The van der Waals surface area contributed by atoms with Crippen molar-refractivity contribution in [3.05, 3.63) is 33.8 Å². The summed E-state index contributed by atoms with van der Waals surface area (Å²) in [5.74, 6) is 0.200. The lowest BCUT2D eigenvalue weighted by Crippen LogP contribution is -2.32. The molecule has 0 bridgehead atoms. The third kappa shape index (κ3) is 1.61. The second-order valence-corrected chi connectivity index (χ2v) is 4.26. The molecule has 2 rings (SSSR count). The van der Waals surface area contributed by atoms with E-state index in [9.17, 15) is 4.79 Å². The molecule has 1 heterocycles. The first-order valence-corrected chi connectivity index (χ1v) is 4.97. The first-order chi connectivity index (χ1) is 6.16. The van der Waals surface area contributed by atoms with E-state index in [1.165, 1.54) is 5.56 Å². The Morgan fingerprint density at radius 3 is 2.92 bits per heavy atom. The van der Waals surface area contributed by atoms with Gasteiger partial charge in [-0.1, -0.05) is 22.0 Å². The number of benzene rings is 1. The number of likely N-dealkylation sites (N-methyl/N-ethyl adjacent to an activating group) is 1. The zero-order valence-electron chi connectivity index (χ0n) is 7.38. The zero-order chi connectivity index (χ0) is 9.42. The molecule has 0 radical (unpaired) electrons. The highest BCUT2D eigenvalue weighted by molar-refractivity contribution is 9.10. The van der Waals surface area contributed by atoms with Gasteiger partial charge in [0, 0.05) is 18.1 Å². The molecule has 68 valence electrons. The van der Waals surface area contributed by atoms with Crippen LogP contribution in [0.4, 0.5) is 0 Å². The van der Waals surface area contributed by atoms with Gasteiger partial charge in [0.15, 0.2) is 0 Å². The largest absolute Gasteiger partial charge is 0.341 e. The number of hydrogen-bond acceptors (Lipinski definition) is 1. The number of rotatable bonds is 0. The van der Waals surface area contributed by atoms with Crippen LogP contribution in [0.1, 0.15) is 11.1 Å². The zero-order valence-corrected chi connectivity index (χ0v) is 8.97. The van der Waals surface area contributed by atoms with Crippen molar-refractivity contribution in [3.63, 3.8) is 0 Å². The van der Waals surface area contributed by atoms with E-state index >= 15 is 0 Å². The number of halogens is 1. The summed E-state index contributed by atoms with van der Waals surface area (Å²) in [5.41, 5.74) is 2.41. The molecule has 0 aliphatic carbocycles. The Kier molecular flexibility index (Phi) is 2.12. The van der Waals surface area contributed by atoms with Crippen molar-refractivity contribution < 1.29 is 4.79 Å². The molecule has 1 aromatic carbocycles. The van der Waals surface area contributed by atoms with Gasteiger partial charge >= 0.3 is 0 Å². The maximum atomic E-state index is 11.4. The molecule has 1 amide bonds. The van der Waals surface area contributed by atoms with E-state index in [1.807, 2.05) is 19.2 Å². The second-order valence-electron chi connectivity index (χ2n) is 3.34. The van der Waals surface area contributed by atoms with E-state index in [1.54, 1.807) is 4.90 Å². The number of nitrogens with zero attached hydrogens (tertiary/aromatic N) is 1. The van der Waals surface area contributed by atoms with Crippen LogP contribution in [0.25, 0.3) is 0 Å². The van der Waals surface area contributed by atoms with Crippen LogP contribution in [0.15, 0.2) is 22.7 Å². The molecule has 0 spiro atoms. The van der Waals surface area contributed by atoms with Crippen LogP contribution in [-0.4, -0.2) is 17.9 Å². The summed E-state index contributed by atoms with van der Waals surface area (Å²) in [6, 6.07) is 6.12. The summed E-state index contributed by atoms with van der Waals surface area (Å²) < 4.78 is 1.05. The van der Waals surface area contributed by atoms with Gasteiger partial charge in [0.05, 0.1) is 6.42 Å². The topological polar surface area (TPSA) is 20.3 Å². The van der Waals surface area contributed by atoms with Crippen LogP contribution < -0.4 is 0 Å². The Morgan fingerprint density at radius 1 is 1.38 bits per heavy atom. The highest BCUT2D eigenvalue weighted by atomic mass is 79.9. The van der Waals surface area contributed by atoms with E-state index in [2.05, 4.69) is 22.0 Å². The van der Waals surface area contributed by atoms with Crippen molar-refractivity contribution in [2.24, 2.45) is 0 Å². The number of carbonyl (C=O) groups is 1. The van der Waals surface area contributed by atoms with Crippen LogP contribution in [-0.2, 0) is 17.8 Å². The van der Waals surface area contributed by atoms with Crippen molar-refractivity contribution in [3.8, 4) is 0 Å². The molecular weight excluding hydrogens is 230 g/mol. The van der Waals surface area contributed by atoms with E-state index in [-0.39, 0.29) is 5.91 Å². The molecule has 1 aliphatic heterocycles. The average Bonchev–Trinajstić information content (AvgIpc) is 2.08. The highest BCUT2D eigenvalue weighted by Crippen LogP contribution is 2.22. The van der Waals surface area contributed by atoms with Crippen LogP contribution in [0, 0.1) is 0 Å². The maximum absolute atomic E-state index is 11.4. The summed E-state index contributed by atoms with van der Waals surface area (Å²) in [6.45, 7) is 0.738. The average molecular weight is 240 g/mol. The van der Waals surface area contributed by atoms with Gasteiger partial charge in [0.1, 0.15) is 0 Å². The fourth-order valence-corrected chi connectivity index (χ4v) is 1.96. The summed E-state index contributed by atoms with van der Waals surface area (Å²) >= 11 is 3.40. The Balaban J connectivity index is 2.42. The molecule has 1 aliphatic rings. The van der Waals surface area contributed by atoms with E-state index in [0.29, 0.717) is 6.42 Å². The first-order valence-electron chi connectivity index (χ1n) is 4.18. The number of fused-ring (bicyclic) bond motifs is 1. The van der Waals surface area contributed by atoms with Gasteiger partial charge in [-0.05, 0) is 23.3 Å². The first kappa shape index (κ1) is 8.75. The minimum Gasteiger partial charge on any atom is -0.341 e. The van der Waals surface area contributed by atoms with E-state index in [4.69, 9.17) is 0 Å². The van der Waals surface area contributed by atoms with Gasteiger partial charge in [0.25, 0.3) is 0 Å². The fourth-order valence-electron chi connectivity index (χ4n) is 1.55. The van der Waals surface area contributed by atoms with Crippen LogP contribution in [0.2, 0.25) is 0 Å². The summed E-state index contributed by atoms with van der Waals surface area (Å²) in [5, 5.41) is 0. The van der Waals surface area contributed by atoms with Crippen molar-refractivity contribution in [2.45, 2.75) is 13.0 Å². The molecule has 2 nitrogen and oxygen atoms in total. The monoisotopic (exact) mass is 239 g/mol. The molecule has 0 aromatic heterocycles. The molecule has 0 saturated heterocycles. The lowest BCUT2D eigenvalue weighted by molar-refractivity contribution is -0.130. The van der Waals surface area contributed by atoms with Gasteiger partial charge in [-0.15, -0.1) is 0 Å². The molecule has 0 unspecified atom stereocenters. The third-order valence-electron chi connectivity index (χ3n) is 2.34. The fraction of sp³-hybridized carbons (Fsp3) is 0.300. The van der Waals surface area contributed by atoms with Gasteiger partial charge < -0.3 is 4.90 Å². The van der Waals surface area contributed by atoms with Crippen molar-refractivity contribution in [1.29, 1.82) is 0 Å². The molecule has 1 aromatic rings. The van der Waals surface area contributed by atoms with Crippen LogP contribution in [0.5, 0.6) is 0 Å². The smallest absolute Gasteiger partial charge is 0.227 e. The predicted molar refractivity (Wildman–Crippen MR) is 54.3 cm³/mol. The lowest BCUT2D eigenvalue weighted by Gasteiger charge is -2.24. The number of carbonyl (C=O) groups excluding carboxylic acids is 1. The van der Waals surface area contributed by atoms with Gasteiger partial charge in [-0.25, -0.2) is 0 Å². The molecule has 13 heavy (non-hydrogen) atoms. The Labute approximate surface area is 85.7 Å². The Bertz CT molecular complexity index is 362. The lowest BCUT2D eigenvalue weighted by atomic mass is 10.00. The van der Waals surface area contributed by atoms with E-state index in [0.717, 1.165) is 16.6 Å². The standard InChI is InChI=1S/C10H10BrNO/c1-12-6-7-2-3-9(11)4-8(7)5-10(12)13/h2-4H,5-6H2,1H3. The molecule has 0 fully saturated rings. The predicted octanol–water partition coefficient (Wildman–Crippen LogP) is 1.96. The molecule has 0 N–H and O–H groups in total. The Morgan fingerprint density at radius 2 is 2.15 bits per heavy atom. The quantitative estimate of drug-likeness (QED) is 0.678. The molecule has 0 atom stereocenters. The maximum Gasteiger partial charge on any atom is 0.227 e. The Hall–Kier alpha value is -0.830. The summed E-state index contributed by atoms with van der Waals surface area (Å²) in [6.07, 6.45) is 0.533. The van der Waals surface area contributed by atoms with Gasteiger partial charge in [-0.2, -0.15) is 0 Å². The number of amides is 1. The minimum absolute atomic E-state index is 0.200. The van der Waals surface area contributed by atoms with Gasteiger partial charge in [-0.3, -0.25) is 4.79 Å². The molecular formula is C10H10BrNO. The number of hydrogen-bond donors (Lipinski definition) is 0. The third-order valence-corrected chi connectivity index (χ3v) is 2.84. The normalized spacial score (nSPS) is 15.8. The van der Waals surface area contributed by atoms with Crippen LogP contribution >= 0.6 is 15.9 Å². The SMILES string of the molecule is CN1Cc2ccc(Br)cc2CC1=O. The van der Waals surface area contributed by atoms with Crippen molar-refractivity contribution in [1.82, 2.24) is 4.90 Å². The molecule has 0 saturated carbocycles. The highest BCUT2D eigenvalue weighted by Gasteiger charge is 2.19. The van der Waals surface area contributed by atoms with Gasteiger partial charge in [0.2, 0.25) is 5.91 Å². The van der Waals surface area contributed by atoms with E-state index < -0.39 is 0 Å². The molecule has 3 heteroatoms.